The summed E-state index contributed by atoms with van der Waals surface area (Å²) in [5.74, 6) is 1.69. The molecule has 1 fully saturated rings. The van der Waals surface area contributed by atoms with E-state index in [1.165, 1.54) is 12.8 Å². The van der Waals surface area contributed by atoms with Crippen molar-refractivity contribution in [3.8, 4) is 0 Å². The number of pyridine rings is 1. The van der Waals surface area contributed by atoms with E-state index in [4.69, 9.17) is 11.6 Å². The molecule has 1 unspecified atom stereocenters. The average molecular weight is 324 g/mol. The fourth-order valence-corrected chi connectivity index (χ4v) is 2.67. The lowest BCUT2D eigenvalue weighted by Crippen LogP contribution is -2.46. The SMILES string of the molecule is CN=C(NCCc1ccc(Cl)nc1)NCC(C1CC1)N(C)C. The molecule has 1 aromatic heterocycles. The molecule has 1 heterocycles. The molecule has 0 bridgehead atoms. The Morgan fingerprint density at radius 1 is 1.41 bits per heavy atom. The van der Waals surface area contributed by atoms with Gasteiger partial charge in [-0.15, -0.1) is 0 Å². The summed E-state index contributed by atoms with van der Waals surface area (Å²) in [7, 11) is 6.10. The molecule has 1 aliphatic carbocycles. The van der Waals surface area contributed by atoms with Crippen LogP contribution >= 0.6 is 11.6 Å². The topological polar surface area (TPSA) is 52.6 Å². The molecule has 1 saturated carbocycles. The Morgan fingerprint density at radius 3 is 2.73 bits per heavy atom. The first-order chi connectivity index (χ1) is 10.6. The number of guanidine groups is 1. The van der Waals surface area contributed by atoms with Gasteiger partial charge in [-0.3, -0.25) is 4.99 Å². The van der Waals surface area contributed by atoms with E-state index in [-0.39, 0.29) is 0 Å². The Hall–Kier alpha value is -1.33. The van der Waals surface area contributed by atoms with Crippen molar-refractivity contribution in [2.45, 2.75) is 25.3 Å². The van der Waals surface area contributed by atoms with Gasteiger partial charge in [0.1, 0.15) is 5.15 Å². The molecule has 2 N–H and O–H groups in total. The van der Waals surface area contributed by atoms with Gasteiger partial charge in [-0.1, -0.05) is 17.7 Å². The molecular weight excluding hydrogens is 298 g/mol. The Bertz CT molecular complexity index is 480. The zero-order valence-electron chi connectivity index (χ0n) is 13.6. The van der Waals surface area contributed by atoms with Gasteiger partial charge >= 0.3 is 0 Å². The monoisotopic (exact) mass is 323 g/mol. The van der Waals surface area contributed by atoms with Crippen molar-refractivity contribution in [3.63, 3.8) is 0 Å². The van der Waals surface area contributed by atoms with Crippen molar-refractivity contribution < 1.29 is 0 Å². The third kappa shape index (κ3) is 5.46. The second-order valence-corrected chi connectivity index (χ2v) is 6.37. The van der Waals surface area contributed by atoms with E-state index in [9.17, 15) is 0 Å². The fraction of sp³-hybridized carbons (Fsp3) is 0.625. The van der Waals surface area contributed by atoms with Gasteiger partial charge in [0.2, 0.25) is 0 Å². The predicted molar refractivity (Wildman–Crippen MR) is 92.5 cm³/mol. The van der Waals surface area contributed by atoms with Crippen LogP contribution in [-0.2, 0) is 6.42 Å². The fourth-order valence-electron chi connectivity index (χ4n) is 2.55. The van der Waals surface area contributed by atoms with E-state index < -0.39 is 0 Å². The van der Waals surface area contributed by atoms with Gasteiger partial charge < -0.3 is 15.5 Å². The number of nitrogens with zero attached hydrogens (tertiary/aromatic N) is 3. The Balaban J connectivity index is 1.71. The van der Waals surface area contributed by atoms with Crippen molar-refractivity contribution in [1.29, 1.82) is 0 Å². The van der Waals surface area contributed by atoms with Crippen LogP contribution in [0.25, 0.3) is 0 Å². The lowest BCUT2D eigenvalue weighted by molar-refractivity contribution is 0.264. The van der Waals surface area contributed by atoms with Gasteiger partial charge in [0, 0.05) is 32.4 Å². The summed E-state index contributed by atoms with van der Waals surface area (Å²) in [5, 5.41) is 7.31. The molecule has 0 aromatic carbocycles. The van der Waals surface area contributed by atoms with E-state index >= 15 is 0 Å². The first-order valence-electron chi connectivity index (χ1n) is 7.81. The predicted octanol–water partition coefficient (Wildman–Crippen LogP) is 1.78. The normalized spacial score (nSPS) is 16.7. The zero-order chi connectivity index (χ0) is 15.9. The van der Waals surface area contributed by atoms with Crippen LogP contribution in [0.1, 0.15) is 18.4 Å². The summed E-state index contributed by atoms with van der Waals surface area (Å²) in [6.45, 7) is 1.75. The summed E-state index contributed by atoms with van der Waals surface area (Å²) in [6.07, 6.45) is 5.40. The molecule has 5 nitrogen and oxygen atoms in total. The second-order valence-electron chi connectivity index (χ2n) is 5.99. The maximum Gasteiger partial charge on any atom is 0.191 e. The molecule has 0 aliphatic heterocycles. The molecule has 0 saturated heterocycles. The first kappa shape index (κ1) is 17.0. The van der Waals surface area contributed by atoms with Crippen LogP contribution in [0.5, 0.6) is 0 Å². The number of aliphatic imine (C=N–C) groups is 1. The van der Waals surface area contributed by atoms with Gasteiger partial charge in [0.15, 0.2) is 5.96 Å². The largest absolute Gasteiger partial charge is 0.356 e. The van der Waals surface area contributed by atoms with Crippen molar-refractivity contribution >= 4 is 17.6 Å². The van der Waals surface area contributed by atoms with E-state index in [1.54, 1.807) is 7.05 Å². The quantitative estimate of drug-likeness (QED) is 0.456. The number of likely N-dealkylation sites (N-methyl/N-ethyl adjacent to an activating group) is 1. The van der Waals surface area contributed by atoms with Crippen molar-refractivity contribution in [2.24, 2.45) is 10.9 Å². The molecule has 22 heavy (non-hydrogen) atoms. The van der Waals surface area contributed by atoms with Crippen LogP contribution < -0.4 is 10.6 Å². The molecule has 1 aromatic rings. The van der Waals surface area contributed by atoms with Gasteiger partial charge in [0.25, 0.3) is 0 Å². The first-order valence-corrected chi connectivity index (χ1v) is 8.19. The van der Waals surface area contributed by atoms with E-state index in [0.29, 0.717) is 11.2 Å². The highest BCUT2D eigenvalue weighted by molar-refractivity contribution is 6.29. The molecule has 2 rings (SSSR count). The van der Waals surface area contributed by atoms with Gasteiger partial charge in [-0.25, -0.2) is 4.98 Å². The number of rotatable bonds is 7. The number of hydrogen-bond acceptors (Lipinski definition) is 3. The third-order valence-electron chi connectivity index (χ3n) is 4.03. The number of aromatic nitrogens is 1. The summed E-state index contributed by atoms with van der Waals surface area (Å²) in [4.78, 5) is 10.7. The maximum atomic E-state index is 5.79. The summed E-state index contributed by atoms with van der Waals surface area (Å²) in [6, 6.07) is 4.41. The van der Waals surface area contributed by atoms with E-state index in [2.05, 4.69) is 39.6 Å². The van der Waals surface area contributed by atoms with Crippen molar-refractivity contribution in [2.75, 3.05) is 34.2 Å². The lowest BCUT2D eigenvalue weighted by atomic mass is 10.1. The highest BCUT2D eigenvalue weighted by atomic mass is 35.5. The molecule has 6 heteroatoms. The molecule has 1 aliphatic rings. The third-order valence-corrected chi connectivity index (χ3v) is 4.25. The number of halogens is 1. The minimum atomic E-state index is 0.531. The van der Waals surface area contributed by atoms with E-state index in [0.717, 1.165) is 37.0 Å². The van der Waals surface area contributed by atoms with Gasteiger partial charge in [-0.2, -0.15) is 0 Å². The minimum Gasteiger partial charge on any atom is -0.356 e. The second kappa shape index (κ2) is 8.34. The molecular formula is C16H26ClN5. The summed E-state index contributed by atoms with van der Waals surface area (Å²) in [5.41, 5.74) is 1.16. The molecule has 0 radical (unpaired) electrons. The van der Waals surface area contributed by atoms with Crippen molar-refractivity contribution in [1.82, 2.24) is 20.5 Å². The van der Waals surface area contributed by atoms with Crippen LogP contribution in [0.15, 0.2) is 23.3 Å². The smallest absolute Gasteiger partial charge is 0.191 e. The summed E-state index contributed by atoms with van der Waals surface area (Å²) >= 11 is 5.79. The van der Waals surface area contributed by atoms with Crippen LogP contribution in [-0.4, -0.2) is 56.1 Å². The average Bonchev–Trinajstić information content (AvgIpc) is 3.32. The molecule has 0 amide bonds. The van der Waals surface area contributed by atoms with Crippen molar-refractivity contribution in [3.05, 3.63) is 29.0 Å². The Labute approximate surface area is 138 Å². The maximum absolute atomic E-state index is 5.79. The van der Waals surface area contributed by atoms with Crippen LogP contribution in [0.3, 0.4) is 0 Å². The van der Waals surface area contributed by atoms with Crippen LogP contribution in [0.4, 0.5) is 0 Å². The van der Waals surface area contributed by atoms with Crippen LogP contribution in [0.2, 0.25) is 5.15 Å². The Morgan fingerprint density at radius 2 is 2.18 bits per heavy atom. The van der Waals surface area contributed by atoms with Crippen LogP contribution in [0, 0.1) is 5.92 Å². The number of hydrogen-bond donors (Lipinski definition) is 2. The summed E-state index contributed by atoms with van der Waals surface area (Å²) < 4.78 is 0. The highest BCUT2D eigenvalue weighted by Crippen LogP contribution is 2.34. The lowest BCUT2D eigenvalue weighted by Gasteiger charge is -2.25. The standard InChI is InChI=1S/C16H26ClN5/c1-18-16(21-11-14(22(2)3)13-5-6-13)19-9-8-12-4-7-15(17)20-10-12/h4,7,10,13-14H,5-6,8-9,11H2,1-3H3,(H2,18,19,21). The zero-order valence-corrected chi connectivity index (χ0v) is 14.4. The molecule has 0 spiro atoms. The Kier molecular flexibility index (Phi) is 6.46. The number of nitrogens with one attached hydrogen (secondary N) is 2. The van der Waals surface area contributed by atoms with E-state index in [1.807, 2.05) is 18.3 Å². The van der Waals surface area contributed by atoms with Gasteiger partial charge in [0.05, 0.1) is 0 Å². The highest BCUT2D eigenvalue weighted by Gasteiger charge is 2.32. The minimum absolute atomic E-state index is 0.531. The van der Waals surface area contributed by atoms with Gasteiger partial charge in [-0.05, 0) is 50.9 Å². The molecule has 122 valence electrons. The molecule has 1 atom stereocenters.